The summed E-state index contributed by atoms with van der Waals surface area (Å²) in [6.07, 6.45) is 0. The van der Waals surface area contributed by atoms with Crippen molar-refractivity contribution >= 4 is 32.3 Å². The molecule has 0 aliphatic rings. The van der Waals surface area contributed by atoms with Gasteiger partial charge in [-0.05, 0) is 48.0 Å². The minimum Gasteiger partial charge on any atom is -0.493 e. The number of carbonyl (C=O) groups excluding carboxylic acids is 1. The van der Waals surface area contributed by atoms with Crippen LogP contribution < -0.4 is 20.2 Å². The van der Waals surface area contributed by atoms with E-state index >= 15 is 0 Å². The molecule has 0 bridgehead atoms. The van der Waals surface area contributed by atoms with Gasteiger partial charge in [-0.1, -0.05) is 24.3 Å². The third-order valence-corrected chi connectivity index (χ3v) is 5.89. The van der Waals surface area contributed by atoms with Crippen molar-refractivity contribution in [2.45, 2.75) is 0 Å². The first-order valence-corrected chi connectivity index (χ1v) is 10.2. The number of nitrogens with one attached hydrogen (secondary N) is 1. The molecule has 0 unspecified atom stereocenters. The molecule has 0 aliphatic heterocycles. The Bertz CT molecular complexity index is 1330. The number of anilines is 1. The van der Waals surface area contributed by atoms with Crippen LogP contribution in [0.25, 0.3) is 21.2 Å². The molecular weight excluding hydrogens is 417 g/mol. The molecule has 1 aromatic heterocycles. The molecule has 0 spiro atoms. The maximum absolute atomic E-state index is 13.5. The zero-order valence-corrected chi connectivity index (χ0v) is 17.6. The van der Waals surface area contributed by atoms with E-state index in [4.69, 9.17) is 9.47 Å². The number of halogens is 1. The van der Waals surface area contributed by atoms with E-state index in [2.05, 4.69) is 5.32 Å². The van der Waals surface area contributed by atoms with Gasteiger partial charge in [0.25, 0.3) is 5.91 Å². The number of fused-ring (bicyclic) bond motifs is 1. The van der Waals surface area contributed by atoms with Gasteiger partial charge in [-0.25, -0.2) is 4.39 Å². The lowest BCUT2D eigenvalue weighted by molar-refractivity contribution is 0.102. The van der Waals surface area contributed by atoms with E-state index < -0.39 is 11.7 Å². The van der Waals surface area contributed by atoms with Gasteiger partial charge < -0.3 is 14.8 Å². The van der Waals surface area contributed by atoms with Crippen molar-refractivity contribution in [2.24, 2.45) is 0 Å². The van der Waals surface area contributed by atoms with E-state index in [0.29, 0.717) is 38.6 Å². The molecule has 1 heterocycles. The average molecular weight is 435 g/mol. The van der Waals surface area contributed by atoms with Gasteiger partial charge in [-0.15, -0.1) is 11.3 Å². The normalized spacial score (nSPS) is 10.7. The highest BCUT2D eigenvalue weighted by Gasteiger charge is 2.18. The van der Waals surface area contributed by atoms with Crippen LogP contribution in [-0.2, 0) is 0 Å². The topological polar surface area (TPSA) is 64.6 Å². The highest BCUT2D eigenvalue weighted by molar-refractivity contribution is 7.22. The molecule has 0 radical (unpaired) electrons. The molecule has 0 atom stereocenters. The van der Waals surface area contributed by atoms with E-state index in [1.807, 2.05) is 12.1 Å². The lowest BCUT2D eigenvalue weighted by atomic mass is 10.1. The number of amides is 1. The van der Waals surface area contributed by atoms with Crippen molar-refractivity contribution in [2.75, 3.05) is 19.5 Å². The van der Waals surface area contributed by atoms with E-state index in [1.165, 1.54) is 49.8 Å². The van der Waals surface area contributed by atoms with Gasteiger partial charge in [0.2, 0.25) is 0 Å². The number of hydrogen-bond donors (Lipinski definition) is 1. The average Bonchev–Trinajstić information content (AvgIpc) is 2.79. The number of hydrogen-bond acceptors (Lipinski definition) is 5. The zero-order chi connectivity index (χ0) is 22.0. The monoisotopic (exact) mass is 435 g/mol. The Kier molecular flexibility index (Phi) is 5.68. The van der Waals surface area contributed by atoms with E-state index in [-0.39, 0.29) is 5.43 Å². The third-order valence-electron chi connectivity index (χ3n) is 4.80. The first-order chi connectivity index (χ1) is 15.0. The fraction of sp³-hybridized carbons (Fsp3) is 0.0833. The van der Waals surface area contributed by atoms with Crippen molar-refractivity contribution < 1.29 is 18.7 Å². The van der Waals surface area contributed by atoms with Crippen LogP contribution in [-0.4, -0.2) is 20.1 Å². The summed E-state index contributed by atoms with van der Waals surface area (Å²) in [6.45, 7) is 0. The molecular formula is C24H18FNO4S. The second kappa shape index (κ2) is 8.57. The summed E-state index contributed by atoms with van der Waals surface area (Å²) >= 11 is 1.29. The highest BCUT2D eigenvalue weighted by atomic mass is 32.1. The summed E-state index contributed by atoms with van der Waals surface area (Å²) in [5.74, 6) is 0.105. The molecule has 3 aromatic carbocycles. The summed E-state index contributed by atoms with van der Waals surface area (Å²) in [5, 5.41) is 3.77. The van der Waals surface area contributed by atoms with Crippen molar-refractivity contribution in [3.05, 3.63) is 88.3 Å². The molecule has 1 N–H and O–H groups in total. The lowest BCUT2D eigenvalue weighted by Gasteiger charge is -2.13. The Morgan fingerprint density at radius 3 is 2.35 bits per heavy atom. The first-order valence-electron chi connectivity index (χ1n) is 9.37. The number of ether oxygens (including phenoxy) is 2. The van der Waals surface area contributed by atoms with Crippen LogP contribution in [0, 0.1) is 5.82 Å². The SMILES string of the molecule is COc1ccc(C(=O)Nc2sc3ccccc3c(=O)c2-c2ccc(F)cc2)cc1OC. The van der Waals surface area contributed by atoms with Gasteiger partial charge in [0.15, 0.2) is 16.9 Å². The number of rotatable bonds is 5. The first kappa shape index (κ1) is 20.6. The summed E-state index contributed by atoms with van der Waals surface area (Å²) in [5.41, 5.74) is 0.952. The van der Waals surface area contributed by atoms with Crippen LogP contribution in [0.15, 0.2) is 71.5 Å². The van der Waals surface area contributed by atoms with Crippen molar-refractivity contribution in [3.8, 4) is 22.6 Å². The zero-order valence-electron chi connectivity index (χ0n) is 16.8. The Morgan fingerprint density at radius 2 is 1.65 bits per heavy atom. The van der Waals surface area contributed by atoms with Gasteiger partial charge in [0.1, 0.15) is 10.8 Å². The van der Waals surface area contributed by atoms with Crippen LogP contribution >= 0.6 is 11.3 Å². The molecule has 0 fully saturated rings. The lowest BCUT2D eigenvalue weighted by Crippen LogP contribution is -2.15. The second-order valence-corrected chi connectivity index (χ2v) is 7.71. The third kappa shape index (κ3) is 4.00. The predicted octanol–water partition coefficient (Wildman–Crippen LogP) is 5.34. The number of carbonyl (C=O) groups is 1. The van der Waals surface area contributed by atoms with E-state index in [1.54, 1.807) is 30.3 Å². The Labute approximate surface area is 181 Å². The molecule has 4 aromatic rings. The molecule has 7 heteroatoms. The summed E-state index contributed by atoms with van der Waals surface area (Å²) in [7, 11) is 3.00. The summed E-state index contributed by atoms with van der Waals surface area (Å²) in [6, 6.07) is 17.6. The smallest absolute Gasteiger partial charge is 0.256 e. The van der Waals surface area contributed by atoms with Crippen LogP contribution in [0.5, 0.6) is 11.5 Å². The van der Waals surface area contributed by atoms with Crippen molar-refractivity contribution in [1.82, 2.24) is 0 Å². The molecule has 0 aliphatic carbocycles. The molecule has 0 saturated heterocycles. The quantitative estimate of drug-likeness (QED) is 0.460. The van der Waals surface area contributed by atoms with Gasteiger partial charge in [-0.2, -0.15) is 0 Å². The maximum Gasteiger partial charge on any atom is 0.256 e. The van der Waals surface area contributed by atoms with Crippen molar-refractivity contribution in [1.29, 1.82) is 0 Å². The van der Waals surface area contributed by atoms with Gasteiger partial charge >= 0.3 is 0 Å². The maximum atomic E-state index is 13.5. The second-order valence-electron chi connectivity index (χ2n) is 6.66. The molecule has 0 saturated carbocycles. The van der Waals surface area contributed by atoms with Crippen LogP contribution in [0.4, 0.5) is 9.39 Å². The van der Waals surface area contributed by atoms with E-state index in [9.17, 15) is 14.0 Å². The van der Waals surface area contributed by atoms with Gasteiger partial charge in [0.05, 0.1) is 19.8 Å². The Balaban J connectivity index is 1.83. The fourth-order valence-corrected chi connectivity index (χ4v) is 4.36. The summed E-state index contributed by atoms with van der Waals surface area (Å²) < 4.78 is 24.7. The van der Waals surface area contributed by atoms with Crippen LogP contribution in [0.2, 0.25) is 0 Å². The minimum absolute atomic E-state index is 0.233. The van der Waals surface area contributed by atoms with E-state index in [0.717, 1.165) is 4.70 Å². The minimum atomic E-state index is -0.407. The Morgan fingerprint density at radius 1 is 0.935 bits per heavy atom. The molecule has 156 valence electrons. The number of benzene rings is 3. The largest absolute Gasteiger partial charge is 0.493 e. The molecule has 4 rings (SSSR count). The van der Waals surface area contributed by atoms with Crippen LogP contribution in [0.1, 0.15) is 10.4 Å². The Hall–Kier alpha value is -3.71. The van der Waals surface area contributed by atoms with Gasteiger partial charge in [0, 0.05) is 15.6 Å². The fourth-order valence-electron chi connectivity index (χ4n) is 3.26. The molecule has 31 heavy (non-hydrogen) atoms. The highest BCUT2D eigenvalue weighted by Crippen LogP contribution is 2.34. The number of methoxy groups -OCH3 is 2. The molecule has 1 amide bonds. The van der Waals surface area contributed by atoms with Crippen molar-refractivity contribution in [3.63, 3.8) is 0 Å². The van der Waals surface area contributed by atoms with Gasteiger partial charge in [-0.3, -0.25) is 9.59 Å². The summed E-state index contributed by atoms with van der Waals surface area (Å²) in [4.78, 5) is 26.3. The molecule has 5 nitrogen and oxygen atoms in total. The van der Waals surface area contributed by atoms with Crippen LogP contribution in [0.3, 0.4) is 0 Å². The standard InChI is InChI=1S/C24H18FNO4S/c1-29-18-12-9-15(13-19(18)30-2)23(28)26-24-21(14-7-10-16(25)11-8-14)22(27)17-5-3-4-6-20(17)31-24/h3-13H,1-2H3,(H,26,28). The predicted molar refractivity (Wildman–Crippen MR) is 121 cm³/mol.